The van der Waals surface area contributed by atoms with Crippen LogP contribution in [0.1, 0.15) is 6.92 Å². The molecule has 1 aliphatic heterocycles. The highest BCUT2D eigenvalue weighted by Crippen LogP contribution is 2.30. The molecule has 126 valence electrons. The molecule has 1 aliphatic rings. The molecule has 9 heteroatoms. The van der Waals surface area contributed by atoms with Crippen molar-refractivity contribution in [2.75, 3.05) is 12.4 Å². The summed E-state index contributed by atoms with van der Waals surface area (Å²) in [5.74, 6) is 0.198. The third-order valence-electron chi connectivity index (χ3n) is 3.32. The second-order valence-corrected chi connectivity index (χ2v) is 5.91. The van der Waals surface area contributed by atoms with Crippen molar-refractivity contribution < 1.29 is 19.1 Å². The third-order valence-corrected chi connectivity index (χ3v) is 4.30. The highest BCUT2D eigenvalue weighted by Gasteiger charge is 2.28. The summed E-state index contributed by atoms with van der Waals surface area (Å²) in [7, 11) is 0. The fourth-order valence-corrected chi connectivity index (χ4v) is 2.89. The van der Waals surface area contributed by atoms with E-state index in [0.717, 1.165) is 0 Å². The van der Waals surface area contributed by atoms with Gasteiger partial charge in [-0.15, -0.1) is 10.2 Å². The molecular weight excluding hydrogens is 332 g/mol. The second-order valence-electron chi connectivity index (χ2n) is 4.96. The van der Waals surface area contributed by atoms with E-state index in [2.05, 4.69) is 15.5 Å². The van der Waals surface area contributed by atoms with Crippen molar-refractivity contribution in [3.05, 3.63) is 30.6 Å². The van der Waals surface area contributed by atoms with Gasteiger partial charge in [0.25, 0.3) is 5.91 Å². The number of nitrogens with zero attached hydrogens (tertiary/aromatic N) is 3. The van der Waals surface area contributed by atoms with Crippen LogP contribution in [0.25, 0.3) is 0 Å². The number of fused-ring (bicyclic) bond motifs is 1. The van der Waals surface area contributed by atoms with Crippen LogP contribution in [0.5, 0.6) is 11.5 Å². The summed E-state index contributed by atoms with van der Waals surface area (Å²) in [4.78, 5) is 24.1. The number of hydrogen-bond donors (Lipinski definition) is 1. The number of amides is 2. The fourth-order valence-electron chi connectivity index (χ4n) is 2.11. The van der Waals surface area contributed by atoms with Crippen LogP contribution in [0.3, 0.4) is 0 Å². The molecule has 24 heavy (non-hydrogen) atoms. The Labute approximate surface area is 142 Å². The highest BCUT2D eigenvalue weighted by molar-refractivity contribution is 7.99. The summed E-state index contributed by atoms with van der Waals surface area (Å²) in [5, 5.41) is 10.7. The van der Waals surface area contributed by atoms with Gasteiger partial charge < -0.3 is 14.0 Å². The maximum atomic E-state index is 12.1. The summed E-state index contributed by atoms with van der Waals surface area (Å²) in [6.45, 7) is 2.73. The van der Waals surface area contributed by atoms with E-state index in [4.69, 9.17) is 9.47 Å². The standard InChI is InChI=1S/C15H16N4O4S/c1-2-19-9-16-18-15(19)24-8-13(20)17-14(21)12-7-22-10-5-3-4-6-11(10)23-12/h3-6,9,12H,2,7-8H2,1H3,(H,17,20,21)/t12-/m0/s1. The lowest BCUT2D eigenvalue weighted by molar-refractivity contribution is -0.135. The first kappa shape index (κ1) is 16.3. The van der Waals surface area contributed by atoms with E-state index in [1.165, 1.54) is 11.8 Å². The van der Waals surface area contributed by atoms with E-state index >= 15 is 0 Å². The smallest absolute Gasteiger partial charge is 0.271 e. The lowest BCUT2D eigenvalue weighted by Gasteiger charge is -2.25. The first-order chi connectivity index (χ1) is 11.7. The zero-order valence-electron chi connectivity index (χ0n) is 13.0. The van der Waals surface area contributed by atoms with E-state index in [0.29, 0.717) is 23.2 Å². The zero-order chi connectivity index (χ0) is 16.9. The summed E-state index contributed by atoms with van der Waals surface area (Å²) in [6.07, 6.45) is 0.740. The van der Waals surface area contributed by atoms with Crippen molar-refractivity contribution in [2.45, 2.75) is 24.7 Å². The predicted molar refractivity (Wildman–Crippen MR) is 85.9 cm³/mol. The average molecular weight is 348 g/mol. The SMILES string of the molecule is CCn1cnnc1SCC(=O)NC(=O)[C@@H]1COc2ccccc2O1. The Bertz CT molecular complexity index is 749. The minimum Gasteiger partial charge on any atom is -0.485 e. The number of benzene rings is 1. The number of ether oxygens (including phenoxy) is 2. The molecule has 1 aromatic carbocycles. The van der Waals surface area contributed by atoms with Gasteiger partial charge >= 0.3 is 0 Å². The quantitative estimate of drug-likeness (QED) is 0.801. The Morgan fingerprint density at radius 3 is 2.96 bits per heavy atom. The summed E-state index contributed by atoms with van der Waals surface area (Å²) in [6, 6.07) is 7.08. The molecule has 2 aromatic rings. The van der Waals surface area contributed by atoms with Gasteiger partial charge in [-0.1, -0.05) is 23.9 Å². The molecule has 0 saturated heterocycles. The Kier molecular flexibility index (Phi) is 4.99. The third kappa shape index (κ3) is 3.67. The van der Waals surface area contributed by atoms with Crippen LogP contribution in [0.2, 0.25) is 0 Å². The summed E-state index contributed by atoms with van der Waals surface area (Å²) in [5.41, 5.74) is 0. The molecule has 0 unspecified atom stereocenters. The molecule has 2 heterocycles. The van der Waals surface area contributed by atoms with E-state index in [1.54, 1.807) is 24.5 Å². The molecule has 0 bridgehead atoms. The van der Waals surface area contributed by atoms with Crippen LogP contribution in [0, 0.1) is 0 Å². The Morgan fingerprint density at radius 1 is 1.38 bits per heavy atom. The van der Waals surface area contributed by atoms with Gasteiger partial charge in [-0.05, 0) is 19.1 Å². The molecule has 3 rings (SSSR count). The van der Waals surface area contributed by atoms with E-state index in [-0.39, 0.29) is 12.4 Å². The molecule has 1 atom stereocenters. The van der Waals surface area contributed by atoms with Crippen LogP contribution in [-0.2, 0) is 16.1 Å². The normalized spacial score (nSPS) is 15.8. The first-order valence-corrected chi connectivity index (χ1v) is 8.38. The highest BCUT2D eigenvalue weighted by atomic mass is 32.2. The summed E-state index contributed by atoms with van der Waals surface area (Å²) < 4.78 is 12.8. The van der Waals surface area contributed by atoms with Crippen LogP contribution in [-0.4, -0.2) is 45.0 Å². The van der Waals surface area contributed by atoms with Gasteiger partial charge in [0.15, 0.2) is 16.7 Å². The van der Waals surface area contributed by atoms with Crippen molar-refractivity contribution >= 4 is 23.6 Å². The lowest BCUT2D eigenvalue weighted by Crippen LogP contribution is -2.46. The topological polar surface area (TPSA) is 95.3 Å². The monoisotopic (exact) mass is 348 g/mol. The number of imide groups is 1. The van der Waals surface area contributed by atoms with Crippen molar-refractivity contribution in [2.24, 2.45) is 0 Å². The van der Waals surface area contributed by atoms with Gasteiger partial charge in [0.2, 0.25) is 12.0 Å². The molecule has 0 radical (unpaired) electrons. The number of rotatable bonds is 5. The Hall–Kier alpha value is -2.55. The molecule has 1 N–H and O–H groups in total. The Morgan fingerprint density at radius 2 is 2.17 bits per heavy atom. The lowest BCUT2D eigenvalue weighted by atomic mass is 10.2. The van der Waals surface area contributed by atoms with Gasteiger partial charge in [0.1, 0.15) is 12.9 Å². The number of para-hydroxylation sites is 2. The maximum absolute atomic E-state index is 12.1. The van der Waals surface area contributed by atoms with Gasteiger partial charge in [-0.3, -0.25) is 14.9 Å². The minimum atomic E-state index is -0.854. The molecule has 0 aliphatic carbocycles. The van der Waals surface area contributed by atoms with Gasteiger partial charge in [0.05, 0.1) is 5.75 Å². The molecular formula is C15H16N4O4S. The summed E-state index contributed by atoms with van der Waals surface area (Å²) >= 11 is 1.22. The zero-order valence-corrected chi connectivity index (χ0v) is 13.8. The fraction of sp³-hybridized carbons (Fsp3) is 0.333. The number of thioether (sulfide) groups is 1. The number of carbonyl (C=O) groups is 2. The number of carbonyl (C=O) groups excluding carboxylic acids is 2. The van der Waals surface area contributed by atoms with E-state index in [9.17, 15) is 9.59 Å². The second kappa shape index (κ2) is 7.35. The molecule has 8 nitrogen and oxygen atoms in total. The number of aryl methyl sites for hydroxylation is 1. The predicted octanol–water partition coefficient (Wildman–Crippen LogP) is 0.873. The van der Waals surface area contributed by atoms with Crippen molar-refractivity contribution in [3.8, 4) is 11.5 Å². The van der Waals surface area contributed by atoms with Crippen LogP contribution >= 0.6 is 11.8 Å². The maximum Gasteiger partial charge on any atom is 0.271 e. The molecule has 0 spiro atoms. The molecule has 2 amide bonds. The number of hydrogen-bond acceptors (Lipinski definition) is 7. The van der Waals surface area contributed by atoms with Crippen LogP contribution in [0.4, 0.5) is 0 Å². The van der Waals surface area contributed by atoms with E-state index in [1.807, 2.05) is 17.6 Å². The number of aromatic nitrogens is 3. The largest absolute Gasteiger partial charge is 0.485 e. The first-order valence-electron chi connectivity index (χ1n) is 7.40. The van der Waals surface area contributed by atoms with Crippen LogP contribution < -0.4 is 14.8 Å². The number of nitrogens with one attached hydrogen (secondary N) is 1. The van der Waals surface area contributed by atoms with Gasteiger partial charge in [0, 0.05) is 6.54 Å². The molecule has 1 aromatic heterocycles. The van der Waals surface area contributed by atoms with E-state index < -0.39 is 17.9 Å². The minimum absolute atomic E-state index is 0.0629. The van der Waals surface area contributed by atoms with Gasteiger partial charge in [-0.2, -0.15) is 0 Å². The average Bonchev–Trinajstić information content (AvgIpc) is 3.07. The van der Waals surface area contributed by atoms with Crippen LogP contribution in [0.15, 0.2) is 35.7 Å². The van der Waals surface area contributed by atoms with Crippen molar-refractivity contribution in [3.63, 3.8) is 0 Å². The Balaban J connectivity index is 1.51. The molecule has 0 saturated carbocycles. The van der Waals surface area contributed by atoms with Crippen molar-refractivity contribution in [1.29, 1.82) is 0 Å². The van der Waals surface area contributed by atoms with Crippen molar-refractivity contribution in [1.82, 2.24) is 20.1 Å². The van der Waals surface area contributed by atoms with Gasteiger partial charge in [-0.25, -0.2) is 0 Å². The molecule has 0 fully saturated rings.